The fourth-order valence-corrected chi connectivity index (χ4v) is 2.59. The van der Waals surface area contributed by atoms with E-state index in [4.69, 9.17) is 25.8 Å². The number of carbonyl (C=O) groups is 1. The lowest BCUT2D eigenvalue weighted by molar-refractivity contribution is -0.259. The summed E-state index contributed by atoms with van der Waals surface area (Å²) in [5.41, 5.74) is 0.992. The number of nitrogens with zero attached hydrogens (tertiary/aromatic N) is 1. The van der Waals surface area contributed by atoms with Crippen LogP contribution in [0.3, 0.4) is 0 Å². The lowest BCUT2D eigenvalue weighted by Gasteiger charge is -2.09. The number of halogens is 1. The van der Waals surface area contributed by atoms with Gasteiger partial charge in [0.05, 0.1) is 18.6 Å². The van der Waals surface area contributed by atoms with E-state index in [0.29, 0.717) is 23.1 Å². The van der Waals surface area contributed by atoms with Gasteiger partial charge in [-0.1, -0.05) is 36.6 Å². The number of hydroxylamine groups is 2. The van der Waals surface area contributed by atoms with E-state index in [1.54, 1.807) is 0 Å². The zero-order valence-corrected chi connectivity index (χ0v) is 13.6. The smallest absolute Gasteiger partial charge is 0.303 e. The van der Waals surface area contributed by atoms with Gasteiger partial charge < -0.3 is 9.94 Å². The molecule has 1 heterocycles. The first-order valence-electron chi connectivity index (χ1n) is 7.13. The Hall–Kier alpha value is -1.21. The summed E-state index contributed by atoms with van der Waals surface area (Å²) in [5.74, 6) is -0.736. The highest BCUT2D eigenvalue weighted by molar-refractivity contribution is 7.98. The molecule has 1 aliphatic rings. The molecule has 0 unspecified atom stereocenters. The number of rotatable bonds is 8. The molecule has 1 fully saturated rings. The van der Waals surface area contributed by atoms with E-state index in [-0.39, 0.29) is 6.42 Å². The van der Waals surface area contributed by atoms with Gasteiger partial charge in [-0.3, -0.25) is 4.79 Å². The third-order valence-electron chi connectivity index (χ3n) is 3.03. The molecule has 1 aromatic rings. The van der Waals surface area contributed by atoms with Crippen LogP contribution in [0.4, 0.5) is 0 Å². The van der Waals surface area contributed by atoms with Gasteiger partial charge in [-0.25, -0.2) is 0 Å². The maximum atomic E-state index is 10.4. The van der Waals surface area contributed by atoms with Crippen molar-refractivity contribution in [3.05, 3.63) is 39.9 Å². The van der Waals surface area contributed by atoms with Crippen molar-refractivity contribution in [2.75, 3.05) is 6.54 Å². The summed E-state index contributed by atoms with van der Waals surface area (Å²) in [6.07, 6.45) is 5.59. The van der Waals surface area contributed by atoms with E-state index >= 15 is 0 Å². The molecule has 0 spiro atoms. The number of hydrogen-bond donors (Lipinski definition) is 1. The molecule has 7 heteroatoms. The van der Waals surface area contributed by atoms with Crippen molar-refractivity contribution in [2.24, 2.45) is 0 Å². The minimum absolute atomic E-state index is 0.237. The Kier molecular flexibility index (Phi) is 7.05. The Bertz CT molecular complexity index is 521. The molecule has 22 heavy (non-hydrogen) atoms. The van der Waals surface area contributed by atoms with E-state index in [9.17, 15) is 4.79 Å². The SMILES string of the molecule is O=C(O)CCCCCCN1OSC(=Cc2ccc(Cl)cc2)O1. The van der Waals surface area contributed by atoms with Gasteiger partial charge in [-0.2, -0.15) is 4.28 Å². The highest BCUT2D eigenvalue weighted by Gasteiger charge is 2.20. The quantitative estimate of drug-likeness (QED) is 0.554. The molecule has 0 bridgehead atoms. The second-order valence-corrected chi connectivity index (χ2v) is 6.03. The first-order chi connectivity index (χ1) is 10.6. The molecule has 0 atom stereocenters. The average molecular weight is 344 g/mol. The largest absolute Gasteiger partial charge is 0.481 e. The normalized spacial score (nSPS) is 16.9. The van der Waals surface area contributed by atoms with Crippen molar-refractivity contribution in [2.45, 2.75) is 32.1 Å². The van der Waals surface area contributed by atoms with Gasteiger partial charge in [0.2, 0.25) is 5.09 Å². The molecule has 1 aliphatic heterocycles. The van der Waals surface area contributed by atoms with Crippen LogP contribution in [0.25, 0.3) is 6.08 Å². The number of aliphatic carboxylic acids is 1. The lowest BCUT2D eigenvalue weighted by atomic mass is 10.1. The molecule has 0 aromatic heterocycles. The molecule has 5 nitrogen and oxygen atoms in total. The van der Waals surface area contributed by atoms with Gasteiger partial charge in [0.1, 0.15) is 0 Å². The van der Waals surface area contributed by atoms with Crippen molar-refractivity contribution in [1.29, 1.82) is 0 Å². The van der Waals surface area contributed by atoms with Crippen LogP contribution in [0.1, 0.15) is 37.7 Å². The molecule has 2 rings (SSSR count). The van der Waals surface area contributed by atoms with E-state index in [2.05, 4.69) is 0 Å². The molecule has 1 N–H and O–H groups in total. The fourth-order valence-electron chi connectivity index (χ4n) is 1.91. The minimum atomic E-state index is -0.736. The molecule has 0 amide bonds. The highest BCUT2D eigenvalue weighted by Crippen LogP contribution is 2.31. The molecular formula is C15H18ClNO4S. The van der Waals surface area contributed by atoms with Crippen LogP contribution in [-0.4, -0.2) is 22.8 Å². The van der Waals surface area contributed by atoms with Crippen LogP contribution >= 0.6 is 23.6 Å². The maximum absolute atomic E-state index is 10.4. The van der Waals surface area contributed by atoms with Gasteiger partial charge >= 0.3 is 5.97 Å². The van der Waals surface area contributed by atoms with Crippen molar-refractivity contribution in [3.63, 3.8) is 0 Å². The number of hydrogen-bond acceptors (Lipinski definition) is 5. The monoisotopic (exact) mass is 343 g/mol. The van der Waals surface area contributed by atoms with Crippen LogP contribution in [0, 0.1) is 0 Å². The number of unbranched alkanes of at least 4 members (excludes halogenated alkanes) is 3. The highest BCUT2D eigenvalue weighted by atomic mass is 35.5. The van der Waals surface area contributed by atoms with Crippen LogP contribution in [0.5, 0.6) is 0 Å². The molecule has 0 aliphatic carbocycles. The van der Waals surface area contributed by atoms with Gasteiger partial charge in [0.25, 0.3) is 0 Å². The van der Waals surface area contributed by atoms with Crippen molar-refractivity contribution >= 4 is 35.7 Å². The Morgan fingerprint density at radius 2 is 1.95 bits per heavy atom. The maximum Gasteiger partial charge on any atom is 0.303 e. The average Bonchev–Trinajstić information content (AvgIpc) is 2.92. The van der Waals surface area contributed by atoms with E-state index < -0.39 is 5.97 Å². The second kappa shape index (κ2) is 9.05. The predicted molar refractivity (Wildman–Crippen MR) is 86.6 cm³/mol. The second-order valence-electron chi connectivity index (χ2n) is 4.88. The number of benzene rings is 1. The molecule has 0 saturated carbocycles. The zero-order valence-electron chi connectivity index (χ0n) is 12.0. The summed E-state index contributed by atoms with van der Waals surface area (Å²) < 4.78 is 5.35. The third-order valence-corrected chi connectivity index (χ3v) is 3.88. The lowest BCUT2D eigenvalue weighted by Crippen LogP contribution is -2.16. The first kappa shape index (κ1) is 17.1. The first-order valence-corrected chi connectivity index (χ1v) is 8.24. The van der Waals surface area contributed by atoms with Crippen LogP contribution in [-0.2, 0) is 13.9 Å². The van der Waals surface area contributed by atoms with Gasteiger partial charge in [-0.15, -0.1) is 0 Å². The molecule has 0 radical (unpaired) electrons. The van der Waals surface area contributed by atoms with Crippen LogP contribution in [0.2, 0.25) is 5.02 Å². The summed E-state index contributed by atoms with van der Waals surface area (Å²) in [5, 5.41) is 11.4. The Morgan fingerprint density at radius 1 is 1.23 bits per heavy atom. The summed E-state index contributed by atoms with van der Waals surface area (Å²) in [7, 11) is 0. The Labute approximate surface area is 139 Å². The van der Waals surface area contributed by atoms with E-state index in [0.717, 1.165) is 24.8 Å². The van der Waals surface area contributed by atoms with Gasteiger partial charge in [0, 0.05) is 11.4 Å². The summed E-state index contributed by atoms with van der Waals surface area (Å²) in [4.78, 5) is 15.9. The number of carboxylic acid groups (broad SMARTS) is 1. The van der Waals surface area contributed by atoms with Gasteiger partial charge in [0.15, 0.2) is 0 Å². The summed E-state index contributed by atoms with van der Waals surface area (Å²) in [6, 6.07) is 7.46. The Balaban J connectivity index is 1.65. The van der Waals surface area contributed by atoms with E-state index in [1.165, 1.54) is 17.3 Å². The Morgan fingerprint density at radius 3 is 2.68 bits per heavy atom. The molecule has 1 aromatic carbocycles. The minimum Gasteiger partial charge on any atom is -0.481 e. The van der Waals surface area contributed by atoms with E-state index in [1.807, 2.05) is 30.3 Å². The number of carboxylic acids is 1. The standard InChI is InChI=1S/C15H18ClNO4S/c16-13-8-6-12(7-9-13)11-15-20-17(21-22-15)10-4-2-1-3-5-14(18)19/h6-9,11H,1-5,10H2,(H,18,19). The molecular weight excluding hydrogens is 326 g/mol. The predicted octanol–water partition coefficient (Wildman–Crippen LogP) is 4.50. The fraction of sp³-hybridized carbons (Fsp3) is 0.400. The topological polar surface area (TPSA) is 59.0 Å². The van der Waals surface area contributed by atoms with Crippen molar-refractivity contribution in [1.82, 2.24) is 5.23 Å². The summed E-state index contributed by atoms with van der Waals surface area (Å²) in [6.45, 7) is 0.651. The van der Waals surface area contributed by atoms with Crippen LogP contribution in [0.15, 0.2) is 29.4 Å². The zero-order chi connectivity index (χ0) is 15.8. The third kappa shape index (κ3) is 6.27. The van der Waals surface area contributed by atoms with Gasteiger partial charge in [-0.05, 0) is 41.8 Å². The van der Waals surface area contributed by atoms with Crippen LogP contribution < -0.4 is 0 Å². The van der Waals surface area contributed by atoms with Crippen molar-refractivity contribution in [3.8, 4) is 0 Å². The molecule has 1 saturated heterocycles. The summed E-state index contributed by atoms with van der Waals surface area (Å²) >= 11 is 7.02. The van der Waals surface area contributed by atoms with Crippen molar-refractivity contribution < 1.29 is 19.0 Å². The molecule has 120 valence electrons.